The molecule has 1 saturated heterocycles. The average Bonchev–Trinajstić information content (AvgIpc) is 2.72. The Morgan fingerprint density at radius 3 is 2.23 bits per heavy atom. The highest BCUT2D eigenvalue weighted by molar-refractivity contribution is 6.32. The first-order valence-corrected chi connectivity index (χ1v) is 11.2. The molecule has 0 radical (unpaired) electrons. The lowest BCUT2D eigenvalue weighted by molar-refractivity contribution is -0.127. The number of benzene rings is 2. The summed E-state index contributed by atoms with van der Waals surface area (Å²) in [6.45, 7) is 12.2. The molecule has 0 aromatic heterocycles. The van der Waals surface area contributed by atoms with E-state index in [1.165, 1.54) is 18.5 Å². The molecule has 0 bridgehead atoms. The predicted octanol–water partition coefficient (Wildman–Crippen LogP) is 5.84. The number of hydrogen-bond acceptors (Lipinski definition) is 3. The van der Waals surface area contributed by atoms with Crippen molar-refractivity contribution < 1.29 is 9.53 Å². The molecule has 30 heavy (non-hydrogen) atoms. The van der Waals surface area contributed by atoms with Crippen molar-refractivity contribution in [1.29, 1.82) is 0 Å². The molecule has 3 rings (SSSR count). The minimum atomic E-state index is -0.595. The summed E-state index contributed by atoms with van der Waals surface area (Å²) in [5.74, 6) is 1.34. The minimum Gasteiger partial charge on any atom is -0.481 e. The molecular formula is C25H33ClN2O2. The van der Waals surface area contributed by atoms with Crippen molar-refractivity contribution in [3.05, 3.63) is 58.1 Å². The Balaban J connectivity index is 1.57. The standard InChI is InChI=1S/C25H33ClN2O2/c1-16-10-12-28(13-11-16)22-8-6-21(7-9-22)19(4)27-25(29)20(5)30-23-14-17(2)24(26)18(3)15-23/h6-9,14-16,19-20H,10-13H2,1-5H3,(H,27,29)/t19-,20-/m0/s1. The van der Waals surface area contributed by atoms with Gasteiger partial charge in [0, 0.05) is 23.8 Å². The van der Waals surface area contributed by atoms with E-state index in [2.05, 4.69) is 41.4 Å². The van der Waals surface area contributed by atoms with E-state index in [1.54, 1.807) is 6.92 Å². The van der Waals surface area contributed by atoms with Crippen LogP contribution in [0.4, 0.5) is 5.69 Å². The number of hydrogen-bond donors (Lipinski definition) is 1. The Kier molecular flexibility index (Phi) is 7.30. The minimum absolute atomic E-state index is 0.0901. The summed E-state index contributed by atoms with van der Waals surface area (Å²) in [4.78, 5) is 15.1. The number of amides is 1. The van der Waals surface area contributed by atoms with Crippen molar-refractivity contribution in [2.75, 3.05) is 18.0 Å². The number of carbonyl (C=O) groups is 1. The zero-order valence-electron chi connectivity index (χ0n) is 18.7. The zero-order chi connectivity index (χ0) is 21.8. The number of aryl methyl sites for hydroxylation is 2. The number of rotatable bonds is 6. The third kappa shape index (κ3) is 5.48. The maximum Gasteiger partial charge on any atom is 0.261 e. The maximum absolute atomic E-state index is 12.6. The van der Waals surface area contributed by atoms with Gasteiger partial charge >= 0.3 is 0 Å². The van der Waals surface area contributed by atoms with E-state index in [-0.39, 0.29) is 11.9 Å². The molecule has 162 valence electrons. The van der Waals surface area contributed by atoms with Crippen LogP contribution in [-0.2, 0) is 4.79 Å². The molecule has 1 aliphatic heterocycles. The number of halogens is 1. The molecule has 1 N–H and O–H groups in total. The number of nitrogens with one attached hydrogen (secondary N) is 1. The Bertz CT molecular complexity index is 850. The number of anilines is 1. The zero-order valence-corrected chi connectivity index (χ0v) is 19.4. The van der Waals surface area contributed by atoms with E-state index in [4.69, 9.17) is 16.3 Å². The second kappa shape index (κ2) is 9.74. The van der Waals surface area contributed by atoms with Gasteiger partial charge in [-0.2, -0.15) is 0 Å². The molecule has 1 amide bonds. The van der Waals surface area contributed by atoms with Crippen LogP contribution < -0.4 is 15.0 Å². The summed E-state index contributed by atoms with van der Waals surface area (Å²) in [6, 6.07) is 12.2. The van der Waals surface area contributed by atoms with Gasteiger partial charge < -0.3 is 15.0 Å². The Morgan fingerprint density at radius 1 is 1.10 bits per heavy atom. The first-order chi connectivity index (χ1) is 14.2. The smallest absolute Gasteiger partial charge is 0.261 e. The van der Waals surface area contributed by atoms with Gasteiger partial charge in [0.05, 0.1) is 6.04 Å². The van der Waals surface area contributed by atoms with Crippen molar-refractivity contribution in [3.63, 3.8) is 0 Å². The van der Waals surface area contributed by atoms with Gasteiger partial charge in [0.15, 0.2) is 6.10 Å². The van der Waals surface area contributed by atoms with Gasteiger partial charge in [0.2, 0.25) is 0 Å². The fraction of sp³-hybridized carbons (Fsp3) is 0.480. The highest BCUT2D eigenvalue weighted by Gasteiger charge is 2.19. The Morgan fingerprint density at radius 2 is 1.67 bits per heavy atom. The van der Waals surface area contributed by atoms with Crippen LogP contribution in [-0.4, -0.2) is 25.1 Å². The molecule has 4 nitrogen and oxygen atoms in total. The number of carbonyl (C=O) groups excluding carboxylic acids is 1. The Labute approximate surface area is 185 Å². The van der Waals surface area contributed by atoms with Crippen molar-refractivity contribution in [2.45, 2.75) is 59.6 Å². The van der Waals surface area contributed by atoms with E-state index in [1.807, 2.05) is 32.9 Å². The summed E-state index contributed by atoms with van der Waals surface area (Å²) < 4.78 is 5.86. The average molecular weight is 429 g/mol. The third-order valence-corrected chi connectivity index (χ3v) is 6.59. The maximum atomic E-state index is 12.6. The van der Waals surface area contributed by atoms with Crippen molar-refractivity contribution in [1.82, 2.24) is 5.32 Å². The van der Waals surface area contributed by atoms with E-state index < -0.39 is 6.10 Å². The van der Waals surface area contributed by atoms with Crippen LogP contribution in [0.2, 0.25) is 5.02 Å². The lowest BCUT2D eigenvalue weighted by atomic mass is 9.98. The van der Waals surface area contributed by atoms with Crippen molar-refractivity contribution in [3.8, 4) is 5.75 Å². The molecule has 0 saturated carbocycles. The molecule has 5 heteroatoms. The number of nitrogens with zero attached hydrogens (tertiary/aromatic N) is 1. The Hall–Kier alpha value is -2.20. The van der Waals surface area contributed by atoms with E-state index >= 15 is 0 Å². The normalized spacial score (nSPS) is 16.8. The fourth-order valence-electron chi connectivity index (χ4n) is 3.89. The van der Waals surface area contributed by atoms with Gasteiger partial charge in [0.1, 0.15) is 5.75 Å². The first kappa shape index (κ1) is 22.5. The molecule has 0 unspecified atom stereocenters. The van der Waals surface area contributed by atoms with Gasteiger partial charge in [-0.05, 0) is 87.4 Å². The second-order valence-corrected chi connectivity index (χ2v) is 9.00. The molecular weight excluding hydrogens is 396 g/mol. The SMILES string of the molecule is Cc1cc(O[C@@H](C)C(=O)N[C@@H](C)c2ccc(N3CCC(C)CC3)cc2)cc(C)c1Cl. The van der Waals surface area contributed by atoms with Crippen LogP contribution in [0.25, 0.3) is 0 Å². The van der Waals surface area contributed by atoms with Crippen LogP contribution in [0, 0.1) is 19.8 Å². The first-order valence-electron chi connectivity index (χ1n) is 10.8. The van der Waals surface area contributed by atoms with Gasteiger partial charge in [-0.15, -0.1) is 0 Å². The molecule has 2 aromatic carbocycles. The van der Waals surface area contributed by atoms with Crippen LogP contribution in [0.5, 0.6) is 5.75 Å². The fourth-order valence-corrected chi connectivity index (χ4v) is 4.00. The van der Waals surface area contributed by atoms with Gasteiger partial charge in [0.25, 0.3) is 5.91 Å². The monoisotopic (exact) mass is 428 g/mol. The summed E-state index contributed by atoms with van der Waals surface area (Å²) >= 11 is 6.21. The van der Waals surface area contributed by atoms with Gasteiger partial charge in [-0.3, -0.25) is 4.79 Å². The van der Waals surface area contributed by atoms with Crippen LogP contribution in [0.3, 0.4) is 0 Å². The molecule has 0 spiro atoms. The van der Waals surface area contributed by atoms with E-state index in [0.29, 0.717) is 5.75 Å². The van der Waals surface area contributed by atoms with E-state index in [9.17, 15) is 4.79 Å². The number of piperidine rings is 1. The number of ether oxygens (including phenoxy) is 1. The molecule has 0 aliphatic carbocycles. The quantitative estimate of drug-likeness (QED) is 0.628. The van der Waals surface area contributed by atoms with Crippen LogP contribution in [0.1, 0.15) is 56.3 Å². The molecule has 1 heterocycles. The van der Waals surface area contributed by atoms with Gasteiger partial charge in [-0.25, -0.2) is 0 Å². The van der Waals surface area contributed by atoms with Crippen molar-refractivity contribution in [2.24, 2.45) is 5.92 Å². The largest absolute Gasteiger partial charge is 0.481 e. The lowest BCUT2D eigenvalue weighted by Crippen LogP contribution is -2.37. The third-order valence-electron chi connectivity index (χ3n) is 5.99. The molecule has 1 aliphatic rings. The summed E-state index contributed by atoms with van der Waals surface area (Å²) in [7, 11) is 0. The second-order valence-electron chi connectivity index (χ2n) is 8.62. The highest BCUT2D eigenvalue weighted by atomic mass is 35.5. The van der Waals surface area contributed by atoms with Crippen molar-refractivity contribution >= 4 is 23.2 Å². The predicted molar refractivity (Wildman–Crippen MR) is 125 cm³/mol. The summed E-state index contributed by atoms with van der Waals surface area (Å²) in [6.07, 6.45) is 1.90. The summed E-state index contributed by atoms with van der Waals surface area (Å²) in [5, 5.41) is 3.79. The topological polar surface area (TPSA) is 41.6 Å². The van der Waals surface area contributed by atoms with Crippen LogP contribution in [0.15, 0.2) is 36.4 Å². The molecule has 2 atom stereocenters. The molecule has 2 aromatic rings. The summed E-state index contributed by atoms with van der Waals surface area (Å²) in [5.41, 5.74) is 4.23. The highest BCUT2D eigenvalue weighted by Crippen LogP contribution is 2.27. The van der Waals surface area contributed by atoms with E-state index in [0.717, 1.165) is 40.7 Å². The molecule has 1 fully saturated rings. The van der Waals surface area contributed by atoms with Crippen LogP contribution >= 0.6 is 11.6 Å². The van der Waals surface area contributed by atoms with Gasteiger partial charge in [-0.1, -0.05) is 30.7 Å². The lowest BCUT2D eigenvalue weighted by Gasteiger charge is -2.32.